The van der Waals surface area contributed by atoms with Crippen molar-refractivity contribution in [2.45, 2.75) is 32.1 Å². The Hall–Kier alpha value is -2.31. The van der Waals surface area contributed by atoms with Gasteiger partial charge in [0.05, 0.1) is 5.92 Å². The van der Waals surface area contributed by atoms with Crippen molar-refractivity contribution in [3.05, 3.63) is 41.5 Å². The zero-order valence-corrected chi connectivity index (χ0v) is 13.0. The number of carbonyl (C=O) groups is 1. The van der Waals surface area contributed by atoms with E-state index in [4.69, 9.17) is 0 Å². The molecule has 0 fully saturated rings. The summed E-state index contributed by atoms with van der Waals surface area (Å²) in [6.45, 7) is 4.38. The van der Waals surface area contributed by atoms with Gasteiger partial charge in [-0.15, -0.1) is 10.2 Å². The molecule has 7 heteroatoms. The van der Waals surface area contributed by atoms with Gasteiger partial charge >= 0.3 is 0 Å². The highest BCUT2D eigenvalue weighted by molar-refractivity contribution is 5.83. The zero-order chi connectivity index (χ0) is 16.1. The van der Waals surface area contributed by atoms with Gasteiger partial charge in [0, 0.05) is 19.5 Å². The summed E-state index contributed by atoms with van der Waals surface area (Å²) in [6, 6.07) is 6.09. The molecule has 0 bridgehead atoms. The van der Waals surface area contributed by atoms with Gasteiger partial charge in [0.15, 0.2) is 5.82 Å². The molecule has 0 aliphatic rings. The average molecular weight is 305 g/mol. The van der Waals surface area contributed by atoms with Crippen LogP contribution in [-0.2, 0) is 4.79 Å². The fourth-order valence-corrected chi connectivity index (χ4v) is 2.47. The van der Waals surface area contributed by atoms with Gasteiger partial charge in [-0.3, -0.25) is 4.79 Å². The smallest absolute Gasteiger partial charge is 0.229 e. The van der Waals surface area contributed by atoms with Crippen LogP contribution in [0.5, 0.6) is 0 Å². The molecule has 0 aliphatic carbocycles. The lowest BCUT2D eigenvalue weighted by molar-refractivity contribution is -0.131. The van der Waals surface area contributed by atoms with Crippen LogP contribution in [0.2, 0.25) is 0 Å². The number of likely N-dealkylation sites (N-methyl/N-ethyl adjacent to an activating group) is 1. The molecule has 22 heavy (non-hydrogen) atoms. The molecule has 6 nitrogen and oxygen atoms in total. The maximum absolute atomic E-state index is 13.0. The van der Waals surface area contributed by atoms with E-state index >= 15 is 0 Å². The number of halogens is 1. The van der Waals surface area contributed by atoms with E-state index in [-0.39, 0.29) is 23.6 Å². The number of aromatic amines is 1. The van der Waals surface area contributed by atoms with Gasteiger partial charge in [-0.2, -0.15) is 5.21 Å². The highest BCUT2D eigenvalue weighted by Gasteiger charge is 2.24. The minimum atomic E-state index is -0.301. The molecule has 0 radical (unpaired) electrons. The second kappa shape index (κ2) is 7.11. The van der Waals surface area contributed by atoms with Crippen LogP contribution in [0.1, 0.15) is 43.5 Å². The molecule has 2 aromatic rings. The third-order valence-electron chi connectivity index (χ3n) is 3.71. The summed E-state index contributed by atoms with van der Waals surface area (Å²) >= 11 is 0. The lowest BCUT2D eigenvalue weighted by Crippen LogP contribution is -2.34. The van der Waals surface area contributed by atoms with Crippen LogP contribution in [0.4, 0.5) is 4.39 Å². The van der Waals surface area contributed by atoms with E-state index < -0.39 is 0 Å². The lowest BCUT2D eigenvalue weighted by atomic mass is 9.94. The third-order valence-corrected chi connectivity index (χ3v) is 3.71. The second-order valence-corrected chi connectivity index (χ2v) is 5.40. The zero-order valence-electron chi connectivity index (χ0n) is 13.0. The first-order valence-corrected chi connectivity index (χ1v) is 7.26. The van der Waals surface area contributed by atoms with Gasteiger partial charge in [0.25, 0.3) is 0 Å². The van der Waals surface area contributed by atoms with Crippen LogP contribution in [0.15, 0.2) is 24.3 Å². The molecule has 1 heterocycles. The molecule has 2 rings (SSSR count). The molecular formula is C15H20FN5O. The Labute approximate surface area is 128 Å². The summed E-state index contributed by atoms with van der Waals surface area (Å²) < 4.78 is 13.0. The molecule has 2 atom stereocenters. The summed E-state index contributed by atoms with van der Waals surface area (Å²) in [5.41, 5.74) is 0.827. The molecule has 0 spiro atoms. The van der Waals surface area contributed by atoms with Crippen molar-refractivity contribution in [3.8, 4) is 0 Å². The van der Waals surface area contributed by atoms with E-state index in [0.717, 1.165) is 5.56 Å². The standard InChI is InChI=1S/C15H20FN5O/c1-4-13(11-5-7-12(16)8-6-11)15(22)21(3)9-10(2)14-17-19-20-18-14/h5-8,10,13H,4,9H2,1-3H3,(H,17,18,19,20). The number of benzene rings is 1. The van der Waals surface area contributed by atoms with Crippen LogP contribution in [0.3, 0.4) is 0 Å². The Balaban J connectivity index is 2.05. The largest absolute Gasteiger partial charge is 0.345 e. The third kappa shape index (κ3) is 3.66. The lowest BCUT2D eigenvalue weighted by Gasteiger charge is -2.25. The van der Waals surface area contributed by atoms with Crippen LogP contribution < -0.4 is 0 Å². The Morgan fingerprint density at radius 1 is 1.36 bits per heavy atom. The average Bonchev–Trinajstić information content (AvgIpc) is 3.04. The van der Waals surface area contributed by atoms with E-state index in [1.807, 2.05) is 13.8 Å². The fourth-order valence-electron chi connectivity index (χ4n) is 2.47. The number of hydrogen-bond acceptors (Lipinski definition) is 4. The Bertz CT molecular complexity index is 599. The maximum Gasteiger partial charge on any atom is 0.229 e. The summed E-state index contributed by atoms with van der Waals surface area (Å²) in [4.78, 5) is 14.3. The monoisotopic (exact) mass is 305 g/mol. The number of rotatable bonds is 6. The van der Waals surface area contributed by atoms with Crippen LogP contribution in [0.25, 0.3) is 0 Å². The second-order valence-electron chi connectivity index (χ2n) is 5.40. The summed E-state index contributed by atoms with van der Waals surface area (Å²) in [5, 5.41) is 13.8. The quantitative estimate of drug-likeness (QED) is 0.887. The van der Waals surface area contributed by atoms with Crippen molar-refractivity contribution in [1.82, 2.24) is 25.5 Å². The summed E-state index contributed by atoms with van der Waals surface area (Å²) in [6.07, 6.45) is 0.658. The highest BCUT2D eigenvalue weighted by Crippen LogP contribution is 2.23. The molecule has 1 amide bonds. The van der Waals surface area contributed by atoms with Gasteiger partial charge in [-0.05, 0) is 24.1 Å². The van der Waals surface area contributed by atoms with E-state index in [0.29, 0.717) is 18.8 Å². The van der Waals surface area contributed by atoms with Crippen LogP contribution in [0, 0.1) is 5.82 Å². The number of aromatic nitrogens is 4. The van der Waals surface area contributed by atoms with Gasteiger partial charge in [0.2, 0.25) is 5.91 Å². The van der Waals surface area contributed by atoms with Crippen molar-refractivity contribution in [1.29, 1.82) is 0 Å². The number of hydrogen-bond donors (Lipinski definition) is 1. The first kappa shape index (κ1) is 16.1. The van der Waals surface area contributed by atoms with Crippen LogP contribution >= 0.6 is 0 Å². The molecule has 118 valence electrons. The van der Waals surface area contributed by atoms with Crippen molar-refractivity contribution < 1.29 is 9.18 Å². The number of H-pyrrole nitrogens is 1. The first-order chi connectivity index (χ1) is 10.5. The Morgan fingerprint density at radius 3 is 2.59 bits per heavy atom. The van der Waals surface area contributed by atoms with Crippen molar-refractivity contribution in [2.75, 3.05) is 13.6 Å². The number of amides is 1. The number of nitrogens with zero attached hydrogens (tertiary/aromatic N) is 4. The molecule has 1 aromatic heterocycles. The Morgan fingerprint density at radius 2 is 2.05 bits per heavy atom. The van der Waals surface area contributed by atoms with Gasteiger partial charge in [-0.1, -0.05) is 31.2 Å². The summed E-state index contributed by atoms with van der Waals surface area (Å²) in [7, 11) is 1.76. The molecule has 1 N–H and O–H groups in total. The van der Waals surface area contributed by atoms with Crippen molar-refractivity contribution in [3.63, 3.8) is 0 Å². The van der Waals surface area contributed by atoms with E-state index in [1.165, 1.54) is 12.1 Å². The van der Waals surface area contributed by atoms with Gasteiger partial charge in [-0.25, -0.2) is 4.39 Å². The maximum atomic E-state index is 13.0. The number of nitrogens with one attached hydrogen (secondary N) is 1. The molecule has 1 aromatic carbocycles. The normalized spacial score (nSPS) is 13.6. The molecule has 0 saturated carbocycles. The fraction of sp³-hybridized carbons (Fsp3) is 0.467. The molecule has 0 saturated heterocycles. The van der Waals surface area contributed by atoms with E-state index in [9.17, 15) is 9.18 Å². The van der Waals surface area contributed by atoms with Gasteiger partial charge in [0.1, 0.15) is 5.82 Å². The van der Waals surface area contributed by atoms with E-state index in [1.54, 1.807) is 24.1 Å². The minimum absolute atomic E-state index is 0.00412. The predicted octanol–water partition coefficient (Wildman–Crippen LogP) is 2.09. The SMILES string of the molecule is CCC(C(=O)N(C)CC(C)c1nn[nH]n1)c1ccc(F)cc1. The first-order valence-electron chi connectivity index (χ1n) is 7.26. The number of tetrazole rings is 1. The molecular weight excluding hydrogens is 285 g/mol. The molecule has 0 aliphatic heterocycles. The predicted molar refractivity (Wildman–Crippen MR) is 79.7 cm³/mol. The minimum Gasteiger partial charge on any atom is -0.345 e. The Kier molecular flexibility index (Phi) is 5.19. The van der Waals surface area contributed by atoms with Crippen molar-refractivity contribution in [2.24, 2.45) is 0 Å². The highest BCUT2D eigenvalue weighted by atomic mass is 19.1. The van der Waals surface area contributed by atoms with Gasteiger partial charge < -0.3 is 4.90 Å². The van der Waals surface area contributed by atoms with Crippen molar-refractivity contribution >= 4 is 5.91 Å². The van der Waals surface area contributed by atoms with Crippen LogP contribution in [-0.4, -0.2) is 45.0 Å². The topological polar surface area (TPSA) is 74.8 Å². The van der Waals surface area contributed by atoms with E-state index in [2.05, 4.69) is 20.6 Å². The number of carbonyl (C=O) groups excluding carboxylic acids is 1. The summed E-state index contributed by atoms with van der Waals surface area (Å²) in [5.74, 6) is -0.00874. The molecule has 2 unspecified atom stereocenters.